The van der Waals surface area contributed by atoms with Crippen molar-refractivity contribution >= 4 is 17.7 Å². The molecule has 0 aliphatic heterocycles. The molecule has 0 atom stereocenters. The quantitative estimate of drug-likeness (QED) is 0.447. The maximum Gasteiger partial charge on any atom is 0.342 e. The largest absolute Gasteiger partial charge is 0.452 e. The van der Waals surface area contributed by atoms with Crippen LogP contribution in [0.2, 0.25) is 0 Å². The van der Waals surface area contributed by atoms with Crippen LogP contribution in [0.1, 0.15) is 30.2 Å². The second kappa shape index (κ2) is 9.30. The van der Waals surface area contributed by atoms with E-state index < -0.39 is 18.5 Å². The third-order valence-corrected chi connectivity index (χ3v) is 4.76. The van der Waals surface area contributed by atoms with Gasteiger partial charge in [0.05, 0.1) is 11.9 Å². The number of ether oxygens (including phenoxy) is 1. The van der Waals surface area contributed by atoms with Gasteiger partial charge in [-0.15, -0.1) is 0 Å². The number of nitrogens with one attached hydrogen (secondary N) is 1. The molecular formula is C24H23N5O3. The Bertz CT molecular complexity index is 1210. The van der Waals surface area contributed by atoms with Gasteiger partial charge in [0.1, 0.15) is 17.1 Å². The number of rotatable bonds is 7. The van der Waals surface area contributed by atoms with E-state index in [-0.39, 0.29) is 11.6 Å². The first kappa shape index (κ1) is 21.0. The first-order valence-corrected chi connectivity index (χ1v) is 10.2. The van der Waals surface area contributed by atoms with Crippen LogP contribution in [0.4, 0.5) is 5.82 Å². The highest BCUT2D eigenvalue weighted by Crippen LogP contribution is 2.24. The second-order valence-corrected chi connectivity index (χ2v) is 7.42. The Kier molecular flexibility index (Phi) is 6.12. The van der Waals surface area contributed by atoms with Gasteiger partial charge in [-0.1, -0.05) is 48.5 Å². The van der Waals surface area contributed by atoms with Crippen LogP contribution >= 0.6 is 0 Å². The Morgan fingerprint density at radius 1 is 1.00 bits per heavy atom. The maximum atomic E-state index is 12.9. The van der Waals surface area contributed by atoms with Crippen LogP contribution in [0.15, 0.2) is 79.1 Å². The highest BCUT2D eigenvalue weighted by molar-refractivity contribution is 5.98. The Hall–Kier alpha value is -4.20. The van der Waals surface area contributed by atoms with Gasteiger partial charge in [-0.05, 0) is 26.0 Å². The molecule has 0 fully saturated rings. The topological polar surface area (TPSA) is 91.0 Å². The zero-order chi connectivity index (χ0) is 22.5. The fourth-order valence-corrected chi connectivity index (χ4v) is 3.26. The molecule has 0 unspecified atom stereocenters. The van der Waals surface area contributed by atoms with Crippen LogP contribution in [0.25, 0.3) is 16.9 Å². The molecule has 0 radical (unpaired) electrons. The summed E-state index contributed by atoms with van der Waals surface area (Å²) in [6.07, 6.45) is 3.22. The summed E-state index contributed by atoms with van der Waals surface area (Å²) in [5.41, 5.74) is 2.35. The van der Waals surface area contributed by atoms with E-state index >= 15 is 0 Å². The van der Waals surface area contributed by atoms with Crippen molar-refractivity contribution in [2.24, 2.45) is 0 Å². The van der Waals surface area contributed by atoms with Crippen molar-refractivity contribution < 1.29 is 14.3 Å². The van der Waals surface area contributed by atoms with Crippen molar-refractivity contribution in [3.05, 3.63) is 84.7 Å². The van der Waals surface area contributed by atoms with Gasteiger partial charge >= 0.3 is 5.97 Å². The number of nitrogens with zero attached hydrogens (tertiary/aromatic N) is 4. The molecule has 1 N–H and O–H groups in total. The Balaban J connectivity index is 1.53. The normalized spacial score (nSPS) is 10.8. The number of esters is 1. The molecule has 162 valence electrons. The standard InChI is InChI=1S/C24H23N5O3/c1-17(2)29-21(13-14-25-29)26-22(30)16-32-24(31)20-15-28(19-11-7-4-8-12-19)27-23(20)18-9-5-3-6-10-18/h3-15,17H,16H2,1-2H3,(H,26,30). The molecule has 0 saturated heterocycles. The van der Waals surface area contributed by atoms with Crippen molar-refractivity contribution in [3.63, 3.8) is 0 Å². The molecule has 4 aromatic rings. The Morgan fingerprint density at radius 3 is 2.38 bits per heavy atom. The third-order valence-electron chi connectivity index (χ3n) is 4.76. The minimum atomic E-state index is -0.626. The van der Waals surface area contributed by atoms with E-state index in [2.05, 4.69) is 15.5 Å². The number of carbonyl (C=O) groups is 2. The first-order valence-electron chi connectivity index (χ1n) is 10.2. The summed E-state index contributed by atoms with van der Waals surface area (Å²) in [6, 6.07) is 20.6. The molecule has 2 aromatic heterocycles. The lowest BCUT2D eigenvalue weighted by Gasteiger charge is -2.11. The van der Waals surface area contributed by atoms with Gasteiger partial charge in [0.15, 0.2) is 6.61 Å². The van der Waals surface area contributed by atoms with Crippen molar-refractivity contribution in [2.45, 2.75) is 19.9 Å². The monoisotopic (exact) mass is 429 g/mol. The molecule has 2 heterocycles. The van der Waals surface area contributed by atoms with E-state index in [1.165, 1.54) is 0 Å². The van der Waals surface area contributed by atoms with Crippen LogP contribution in [-0.2, 0) is 9.53 Å². The molecule has 0 aliphatic rings. The molecule has 1 amide bonds. The van der Waals surface area contributed by atoms with Crippen LogP contribution < -0.4 is 5.32 Å². The number of para-hydroxylation sites is 1. The molecule has 0 bridgehead atoms. The Morgan fingerprint density at radius 2 is 1.69 bits per heavy atom. The average molecular weight is 429 g/mol. The SMILES string of the molecule is CC(C)n1nccc1NC(=O)COC(=O)c1cn(-c2ccccc2)nc1-c1ccccc1. The average Bonchev–Trinajstić information content (AvgIpc) is 3.46. The predicted octanol–water partition coefficient (Wildman–Crippen LogP) is 4.11. The molecule has 0 aliphatic carbocycles. The summed E-state index contributed by atoms with van der Waals surface area (Å²) in [5.74, 6) is -0.529. The zero-order valence-electron chi connectivity index (χ0n) is 17.8. The maximum absolute atomic E-state index is 12.9. The second-order valence-electron chi connectivity index (χ2n) is 7.42. The number of carbonyl (C=O) groups excluding carboxylic acids is 2. The zero-order valence-corrected chi connectivity index (χ0v) is 17.8. The van der Waals surface area contributed by atoms with Gasteiger partial charge in [0, 0.05) is 23.9 Å². The number of hydrogen-bond acceptors (Lipinski definition) is 5. The van der Waals surface area contributed by atoms with Gasteiger partial charge in [0.25, 0.3) is 5.91 Å². The summed E-state index contributed by atoms with van der Waals surface area (Å²) in [6.45, 7) is 3.49. The molecule has 0 spiro atoms. The highest BCUT2D eigenvalue weighted by atomic mass is 16.5. The Labute approximate surface area is 185 Å². The van der Waals surface area contributed by atoms with Gasteiger partial charge in [-0.25, -0.2) is 14.2 Å². The smallest absolute Gasteiger partial charge is 0.342 e. The molecule has 2 aromatic carbocycles. The summed E-state index contributed by atoms with van der Waals surface area (Å²) < 4.78 is 8.62. The van der Waals surface area contributed by atoms with E-state index in [1.807, 2.05) is 74.5 Å². The van der Waals surface area contributed by atoms with Gasteiger partial charge in [0.2, 0.25) is 0 Å². The number of hydrogen-bond donors (Lipinski definition) is 1. The number of benzene rings is 2. The third kappa shape index (κ3) is 4.59. The number of anilines is 1. The molecular weight excluding hydrogens is 406 g/mol. The molecule has 4 rings (SSSR count). The van der Waals surface area contributed by atoms with Crippen LogP contribution in [0.5, 0.6) is 0 Å². The first-order chi connectivity index (χ1) is 15.5. The fraction of sp³-hybridized carbons (Fsp3) is 0.167. The summed E-state index contributed by atoms with van der Waals surface area (Å²) >= 11 is 0. The minimum Gasteiger partial charge on any atom is -0.452 e. The minimum absolute atomic E-state index is 0.0834. The molecule has 32 heavy (non-hydrogen) atoms. The fourth-order valence-electron chi connectivity index (χ4n) is 3.26. The molecule has 0 saturated carbocycles. The lowest BCUT2D eigenvalue weighted by Crippen LogP contribution is -2.23. The van der Waals surface area contributed by atoms with Gasteiger partial charge in [-0.2, -0.15) is 10.2 Å². The van der Waals surface area contributed by atoms with Crippen LogP contribution in [-0.4, -0.2) is 38.0 Å². The van der Waals surface area contributed by atoms with E-state index in [0.29, 0.717) is 11.5 Å². The van der Waals surface area contributed by atoms with E-state index in [9.17, 15) is 9.59 Å². The number of amides is 1. The predicted molar refractivity (Wildman–Crippen MR) is 121 cm³/mol. The number of aromatic nitrogens is 4. The van der Waals surface area contributed by atoms with Crippen molar-refractivity contribution in [3.8, 4) is 16.9 Å². The van der Waals surface area contributed by atoms with E-state index in [4.69, 9.17) is 4.74 Å². The van der Waals surface area contributed by atoms with Crippen LogP contribution in [0.3, 0.4) is 0 Å². The molecule has 8 nitrogen and oxygen atoms in total. The summed E-state index contributed by atoms with van der Waals surface area (Å²) in [7, 11) is 0. The lowest BCUT2D eigenvalue weighted by molar-refractivity contribution is -0.119. The van der Waals surface area contributed by atoms with Crippen LogP contribution in [0, 0.1) is 0 Å². The van der Waals surface area contributed by atoms with E-state index in [0.717, 1.165) is 11.3 Å². The van der Waals surface area contributed by atoms with Crippen molar-refractivity contribution in [1.82, 2.24) is 19.6 Å². The van der Waals surface area contributed by atoms with Gasteiger partial charge < -0.3 is 10.1 Å². The highest BCUT2D eigenvalue weighted by Gasteiger charge is 2.21. The lowest BCUT2D eigenvalue weighted by atomic mass is 10.1. The van der Waals surface area contributed by atoms with Crippen molar-refractivity contribution in [1.29, 1.82) is 0 Å². The molecule has 8 heteroatoms. The summed E-state index contributed by atoms with van der Waals surface area (Å²) in [5, 5.41) is 11.5. The van der Waals surface area contributed by atoms with Crippen molar-refractivity contribution in [2.75, 3.05) is 11.9 Å². The van der Waals surface area contributed by atoms with E-state index in [1.54, 1.807) is 27.8 Å². The van der Waals surface area contributed by atoms with Gasteiger partial charge in [-0.3, -0.25) is 4.79 Å². The summed E-state index contributed by atoms with van der Waals surface area (Å²) in [4.78, 5) is 25.2.